The highest BCUT2D eigenvalue weighted by molar-refractivity contribution is 5.33. The van der Waals surface area contributed by atoms with Crippen LogP contribution in [0.1, 0.15) is 24.1 Å². The minimum atomic E-state index is -0.262. The van der Waals surface area contributed by atoms with Crippen LogP contribution in [0.3, 0.4) is 0 Å². The van der Waals surface area contributed by atoms with Crippen molar-refractivity contribution < 1.29 is 9.50 Å². The smallest absolute Gasteiger partial charge is 0.123 e. The van der Waals surface area contributed by atoms with Gasteiger partial charge in [0.2, 0.25) is 0 Å². The van der Waals surface area contributed by atoms with Crippen LogP contribution in [-0.2, 0) is 0 Å². The summed E-state index contributed by atoms with van der Waals surface area (Å²) >= 11 is 0. The Hall–Kier alpha value is -1.68. The van der Waals surface area contributed by atoms with Crippen molar-refractivity contribution in [3.63, 3.8) is 0 Å². The third-order valence-electron chi connectivity index (χ3n) is 2.83. The van der Waals surface area contributed by atoms with Gasteiger partial charge >= 0.3 is 0 Å². The molecule has 2 rings (SSSR count). The van der Waals surface area contributed by atoms with Gasteiger partial charge in [0.05, 0.1) is 11.4 Å². The zero-order chi connectivity index (χ0) is 12.4. The summed E-state index contributed by atoms with van der Waals surface area (Å²) < 4.78 is 14.5. The number of aryl methyl sites for hydroxylation is 1. The van der Waals surface area contributed by atoms with Crippen molar-refractivity contribution in [2.45, 2.75) is 19.8 Å². The highest BCUT2D eigenvalue weighted by Gasteiger charge is 2.12. The van der Waals surface area contributed by atoms with Crippen molar-refractivity contribution >= 4 is 0 Å². The maximum absolute atomic E-state index is 12.8. The molecule has 90 valence electrons. The molecule has 1 aromatic heterocycles. The fourth-order valence-electron chi connectivity index (χ4n) is 1.78. The number of aliphatic hydroxyl groups excluding tert-OH is 1. The van der Waals surface area contributed by atoms with Gasteiger partial charge in [0.25, 0.3) is 0 Å². The van der Waals surface area contributed by atoms with E-state index in [0.29, 0.717) is 0 Å². The van der Waals surface area contributed by atoms with Crippen LogP contribution in [0.5, 0.6) is 0 Å². The van der Waals surface area contributed by atoms with Gasteiger partial charge in [0.15, 0.2) is 0 Å². The fraction of sp³-hybridized carbons (Fsp3) is 0.308. The van der Waals surface area contributed by atoms with E-state index in [1.165, 1.54) is 12.1 Å². The summed E-state index contributed by atoms with van der Waals surface area (Å²) in [5.41, 5.74) is 2.71. The molecule has 0 saturated heterocycles. The summed E-state index contributed by atoms with van der Waals surface area (Å²) in [6.07, 6.45) is 1.88. The van der Waals surface area contributed by atoms with Crippen LogP contribution in [0.25, 0.3) is 5.69 Å². The van der Waals surface area contributed by atoms with E-state index in [1.54, 1.807) is 16.8 Å². The third-order valence-corrected chi connectivity index (χ3v) is 2.83. The molecule has 1 heterocycles. The molecule has 1 atom stereocenters. The Morgan fingerprint density at radius 2 is 2.00 bits per heavy atom. The predicted octanol–water partition coefficient (Wildman–Crippen LogP) is 2.42. The van der Waals surface area contributed by atoms with Gasteiger partial charge in [-0.15, -0.1) is 0 Å². The van der Waals surface area contributed by atoms with E-state index in [-0.39, 0.29) is 18.3 Å². The van der Waals surface area contributed by atoms with Gasteiger partial charge in [0.1, 0.15) is 5.82 Å². The number of aliphatic hydroxyl groups is 1. The summed E-state index contributed by atoms with van der Waals surface area (Å²) in [5, 5.41) is 13.5. The molecule has 1 aromatic carbocycles. The number of hydrogen-bond donors (Lipinski definition) is 1. The Kier molecular flexibility index (Phi) is 3.24. The van der Waals surface area contributed by atoms with Crippen LogP contribution < -0.4 is 0 Å². The van der Waals surface area contributed by atoms with Crippen LogP contribution >= 0.6 is 0 Å². The Balaban J connectivity index is 2.37. The molecule has 0 radical (unpaired) electrons. The molecule has 0 saturated carbocycles. The van der Waals surface area contributed by atoms with E-state index in [4.69, 9.17) is 5.11 Å². The van der Waals surface area contributed by atoms with Gasteiger partial charge in [-0.3, -0.25) is 0 Å². The zero-order valence-corrected chi connectivity index (χ0v) is 9.89. The van der Waals surface area contributed by atoms with Crippen LogP contribution in [0.2, 0.25) is 0 Å². The monoisotopic (exact) mass is 234 g/mol. The topological polar surface area (TPSA) is 38.0 Å². The van der Waals surface area contributed by atoms with E-state index in [0.717, 1.165) is 16.9 Å². The molecule has 0 fully saturated rings. The molecule has 17 heavy (non-hydrogen) atoms. The average Bonchev–Trinajstić information content (AvgIpc) is 2.71. The second-order valence-electron chi connectivity index (χ2n) is 4.17. The third kappa shape index (κ3) is 2.36. The minimum Gasteiger partial charge on any atom is -0.396 e. The van der Waals surface area contributed by atoms with Crippen molar-refractivity contribution in [1.82, 2.24) is 9.78 Å². The largest absolute Gasteiger partial charge is 0.396 e. The van der Waals surface area contributed by atoms with Gasteiger partial charge in [-0.05, 0) is 36.8 Å². The molecule has 0 amide bonds. The lowest BCUT2D eigenvalue weighted by Gasteiger charge is -2.04. The van der Waals surface area contributed by atoms with Gasteiger partial charge in [-0.1, -0.05) is 6.92 Å². The van der Waals surface area contributed by atoms with Crippen LogP contribution in [0.4, 0.5) is 4.39 Å². The van der Waals surface area contributed by atoms with Crippen molar-refractivity contribution in [1.29, 1.82) is 0 Å². The standard InChI is InChI=1S/C13H15FN2O/c1-9(8-17)13-7-16(15-10(13)2)12-5-3-11(14)4-6-12/h3-7,9,17H,8H2,1-2H3. The first-order valence-electron chi connectivity index (χ1n) is 5.54. The minimum absolute atomic E-state index is 0.0594. The number of rotatable bonds is 3. The molecule has 0 spiro atoms. The normalized spacial score (nSPS) is 12.7. The molecule has 0 bridgehead atoms. The second-order valence-corrected chi connectivity index (χ2v) is 4.17. The summed E-state index contributed by atoms with van der Waals surface area (Å²) in [6.45, 7) is 3.94. The summed E-state index contributed by atoms with van der Waals surface area (Å²) in [6, 6.07) is 6.16. The number of halogens is 1. The summed E-state index contributed by atoms with van der Waals surface area (Å²) in [4.78, 5) is 0. The van der Waals surface area contributed by atoms with Gasteiger partial charge in [0, 0.05) is 18.7 Å². The van der Waals surface area contributed by atoms with E-state index in [1.807, 2.05) is 20.0 Å². The Bertz CT molecular complexity index is 505. The number of aromatic nitrogens is 2. The zero-order valence-electron chi connectivity index (χ0n) is 9.89. The van der Waals surface area contributed by atoms with Gasteiger partial charge in [-0.2, -0.15) is 5.10 Å². The molecule has 0 aliphatic carbocycles. The van der Waals surface area contributed by atoms with Gasteiger partial charge in [-0.25, -0.2) is 9.07 Å². The molecular formula is C13H15FN2O. The first-order chi connectivity index (χ1) is 8.11. The van der Waals surface area contributed by atoms with Crippen LogP contribution in [0, 0.1) is 12.7 Å². The lowest BCUT2D eigenvalue weighted by molar-refractivity contribution is 0.272. The van der Waals surface area contributed by atoms with Crippen molar-refractivity contribution in [2.24, 2.45) is 0 Å². The highest BCUT2D eigenvalue weighted by Crippen LogP contribution is 2.20. The quantitative estimate of drug-likeness (QED) is 0.885. The SMILES string of the molecule is Cc1nn(-c2ccc(F)cc2)cc1C(C)CO. The molecule has 2 aromatic rings. The molecule has 0 aliphatic heterocycles. The fourth-order valence-corrected chi connectivity index (χ4v) is 1.78. The molecular weight excluding hydrogens is 219 g/mol. The average molecular weight is 234 g/mol. The van der Waals surface area contributed by atoms with Crippen molar-refractivity contribution in [3.8, 4) is 5.69 Å². The maximum Gasteiger partial charge on any atom is 0.123 e. The van der Waals surface area contributed by atoms with E-state index in [9.17, 15) is 4.39 Å². The Morgan fingerprint density at radius 1 is 1.35 bits per heavy atom. The first kappa shape index (κ1) is 11.8. The van der Waals surface area contributed by atoms with Crippen molar-refractivity contribution in [2.75, 3.05) is 6.61 Å². The highest BCUT2D eigenvalue weighted by atomic mass is 19.1. The number of hydrogen-bond acceptors (Lipinski definition) is 2. The first-order valence-corrected chi connectivity index (χ1v) is 5.54. The lowest BCUT2D eigenvalue weighted by Crippen LogP contribution is -1.98. The molecule has 1 N–H and O–H groups in total. The van der Waals surface area contributed by atoms with Crippen molar-refractivity contribution in [3.05, 3.63) is 47.5 Å². The van der Waals surface area contributed by atoms with Crippen LogP contribution in [0.15, 0.2) is 30.5 Å². The Labute approximate surface area is 99.5 Å². The Morgan fingerprint density at radius 3 is 2.59 bits per heavy atom. The molecule has 4 heteroatoms. The predicted molar refractivity (Wildman–Crippen MR) is 63.8 cm³/mol. The second kappa shape index (κ2) is 4.67. The maximum atomic E-state index is 12.8. The summed E-state index contributed by atoms with van der Waals surface area (Å²) in [7, 11) is 0. The summed E-state index contributed by atoms with van der Waals surface area (Å²) in [5.74, 6) is -0.203. The van der Waals surface area contributed by atoms with E-state index >= 15 is 0 Å². The van der Waals surface area contributed by atoms with E-state index < -0.39 is 0 Å². The van der Waals surface area contributed by atoms with Crippen LogP contribution in [-0.4, -0.2) is 21.5 Å². The van der Waals surface area contributed by atoms with E-state index in [2.05, 4.69) is 5.10 Å². The lowest BCUT2D eigenvalue weighted by atomic mass is 10.0. The number of nitrogens with zero attached hydrogens (tertiary/aromatic N) is 2. The molecule has 0 aliphatic rings. The molecule has 1 unspecified atom stereocenters. The number of benzene rings is 1. The molecule has 3 nitrogen and oxygen atoms in total. The van der Waals surface area contributed by atoms with Gasteiger partial charge < -0.3 is 5.11 Å².